The molecule has 1 aromatic carbocycles. The first-order chi connectivity index (χ1) is 9.08. The van der Waals surface area contributed by atoms with Gasteiger partial charge in [0.2, 0.25) is 0 Å². The van der Waals surface area contributed by atoms with E-state index >= 15 is 0 Å². The number of hydrogen-bond donors (Lipinski definition) is 1. The summed E-state index contributed by atoms with van der Waals surface area (Å²) in [5.41, 5.74) is 8.46. The van der Waals surface area contributed by atoms with Crippen molar-refractivity contribution in [3.8, 4) is 11.1 Å². The molecule has 0 unspecified atom stereocenters. The number of nitrogen functional groups attached to an aromatic ring is 1. The maximum Gasteiger partial charge on any atom is 0.350 e. The number of methoxy groups -OCH3 is 1. The van der Waals surface area contributed by atoms with Gasteiger partial charge in [0.05, 0.1) is 12.8 Å². The van der Waals surface area contributed by atoms with E-state index in [0.29, 0.717) is 15.6 Å². The number of esters is 1. The zero-order chi connectivity index (χ0) is 14.0. The molecular formula is C14H14ClNO2S. The topological polar surface area (TPSA) is 52.3 Å². The lowest BCUT2D eigenvalue weighted by Gasteiger charge is -2.04. The molecule has 0 aliphatic carbocycles. The zero-order valence-electron chi connectivity index (χ0n) is 10.7. The van der Waals surface area contributed by atoms with E-state index in [9.17, 15) is 4.79 Å². The molecule has 2 N–H and O–H groups in total. The minimum absolute atomic E-state index is 0.391. The second-order valence-electron chi connectivity index (χ2n) is 4.00. The second kappa shape index (κ2) is 5.63. The molecule has 100 valence electrons. The third kappa shape index (κ3) is 2.60. The smallest absolute Gasteiger partial charge is 0.350 e. The van der Waals surface area contributed by atoms with Gasteiger partial charge in [-0.05, 0) is 24.1 Å². The minimum atomic E-state index is -0.391. The van der Waals surface area contributed by atoms with Gasteiger partial charge in [-0.25, -0.2) is 4.79 Å². The minimum Gasteiger partial charge on any atom is -0.465 e. The van der Waals surface area contributed by atoms with Crippen molar-refractivity contribution >= 4 is 34.6 Å². The number of rotatable bonds is 3. The van der Waals surface area contributed by atoms with Crippen molar-refractivity contribution in [1.29, 1.82) is 0 Å². The molecule has 0 saturated heterocycles. The average molecular weight is 296 g/mol. The van der Waals surface area contributed by atoms with E-state index < -0.39 is 5.97 Å². The molecule has 0 amide bonds. The van der Waals surface area contributed by atoms with Crippen LogP contribution in [0.1, 0.15) is 21.5 Å². The maximum atomic E-state index is 11.7. The van der Waals surface area contributed by atoms with Crippen LogP contribution in [0.5, 0.6) is 0 Å². The summed E-state index contributed by atoms with van der Waals surface area (Å²) in [4.78, 5) is 13.2. The third-order valence-corrected chi connectivity index (χ3v) is 4.42. The Morgan fingerprint density at radius 1 is 1.37 bits per heavy atom. The zero-order valence-corrected chi connectivity index (χ0v) is 12.3. The first-order valence-corrected chi connectivity index (χ1v) is 7.03. The van der Waals surface area contributed by atoms with Gasteiger partial charge in [0, 0.05) is 15.5 Å². The number of carbonyl (C=O) groups is 1. The number of halogens is 1. The van der Waals surface area contributed by atoms with Crippen LogP contribution in [0.3, 0.4) is 0 Å². The Hall–Kier alpha value is -1.52. The Bertz CT molecular complexity index is 605. The fraction of sp³-hybridized carbons (Fsp3) is 0.214. The molecule has 0 aliphatic heterocycles. The predicted molar refractivity (Wildman–Crippen MR) is 79.9 cm³/mol. The number of aryl methyl sites for hydroxylation is 1. The summed E-state index contributed by atoms with van der Waals surface area (Å²) in [5, 5.41) is 0.670. The molecule has 19 heavy (non-hydrogen) atoms. The Kier molecular flexibility index (Phi) is 4.12. The number of ether oxygens (including phenoxy) is 1. The Labute approximate surface area is 121 Å². The molecule has 2 rings (SSSR count). The van der Waals surface area contributed by atoms with E-state index in [-0.39, 0.29) is 0 Å². The Morgan fingerprint density at radius 2 is 2.00 bits per heavy atom. The fourth-order valence-corrected chi connectivity index (χ4v) is 3.14. The van der Waals surface area contributed by atoms with Crippen LogP contribution in [-0.4, -0.2) is 13.1 Å². The van der Waals surface area contributed by atoms with E-state index in [2.05, 4.69) is 0 Å². The summed E-state index contributed by atoms with van der Waals surface area (Å²) in [6.07, 6.45) is 0.809. The van der Waals surface area contributed by atoms with Crippen LogP contribution in [0.15, 0.2) is 24.3 Å². The molecule has 0 atom stereocenters. The number of benzene rings is 1. The van der Waals surface area contributed by atoms with Gasteiger partial charge in [0.25, 0.3) is 0 Å². The van der Waals surface area contributed by atoms with Crippen LogP contribution in [0, 0.1) is 0 Å². The van der Waals surface area contributed by atoms with Gasteiger partial charge in [0.15, 0.2) is 0 Å². The number of anilines is 1. The number of thiophene rings is 1. The summed E-state index contributed by atoms with van der Waals surface area (Å²) in [5.74, 6) is -0.391. The van der Waals surface area contributed by atoms with Crippen LogP contribution in [0.4, 0.5) is 5.69 Å². The summed E-state index contributed by atoms with van der Waals surface area (Å²) >= 11 is 7.27. The molecular weight excluding hydrogens is 282 g/mol. The highest BCUT2D eigenvalue weighted by atomic mass is 35.5. The molecule has 0 fully saturated rings. The summed E-state index contributed by atoms with van der Waals surface area (Å²) < 4.78 is 4.76. The molecule has 1 aromatic heterocycles. The van der Waals surface area contributed by atoms with Crippen LogP contribution in [-0.2, 0) is 11.2 Å². The van der Waals surface area contributed by atoms with E-state index in [1.54, 1.807) is 0 Å². The van der Waals surface area contributed by atoms with Crippen molar-refractivity contribution in [2.24, 2.45) is 0 Å². The Morgan fingerprint density at radius 3 is 2.53 bits per heavy atom. The third-order valence-electron chi connectivity index (χ3n) is 2.84. The molecule has 1 heterocycles. The van der Waals surface area contributed by atoms with Gasteiger partial charge >= 0.3 is 5.97 Å². The highest BCUT2D eigenvalue weighted by molar-refractivity contribution is 7.15. The number of hydrogen-bond acceptors (Lipinski definition) is 4. The van der Waals surface area contributed by atoms with E-state index in [4.69, 9.17) is 22.1 Å². The van der Waals surface area contributed by atoms with Crippen molar-refractivity contribution in [3.05, 3.63) is 39.0 Å². The summed E-state index contributed by atoms with van der Waals surface area (Å²) in [6, 6.07) is 7.43. The molecule has 0 spiro atoms. The first kappa shape index (κ1) is 13.9. The van der Waals surface area contributed by atoms with Gasteiger partial charge in [-0.3, -0.25) is 0 Å². The molecule has 0 bridgehead atoms. The first-order valence-electron chi connectivity index (χ1n) is 5.83. The van der Waals surface area contributed by atoms with Crippen LogP contribution < -0.4 is 5.73 Å². The quantitative estimate of drug-likeness (QED) is 0.871. The lowest BCUT2D eigenvalue weighted by molar-refractivity contribution is 0.0607. The monoisotopic (exact) mass is 295 g/mol. The number of nitrogens with two attached hydrogens (primary N) is 1. The van der Waals surface area contributed by atoms with Gasteiger partial charge in [-0.1, -0.05) is 30.7 Å². The molecule has 0 aliphatic rings. The summed E-state index contributed by atoms with van der Waals surface area (Å²) in [6.45, 7) is 2.03. The van der Waals surface area contributed by atoms with Gasteiger partial charge in [-0.15, -0.1) is 11.3 Å². The average Bonchev–Trinajstić information content (AvgIpc) is 2.76. The predicted octanol–water partition coefficient (Wildman–Crippen LogP) is 4.00. The van der Waals surface area contributed by atoms with Gasteiger partial charge < -0.3 is 10.5 Å². The van der Waals surface area contributed by atoms with E-state index in [1.165, 1.54) is 18.4 Å². The van der Waals surface area contributed by atoms with Crippen LogP contribution in [0.2, 0.25) is 5.02 Å². The largest absolute Gasteiger partial charge is 0.465 e. The van der Waals surface area contributed by atoms with Crippen molar-refractivity contribution in [2.45, 2.75) is 13.3 Å². The molecule has 3 nitrogen and oxygen atoms in total. The van der Waals surface area contributed by atoms with Crippen LogP contribution in [0.25, 0.3) is 11.1 Å². The SMILES string of the molecule is CCc1sc(C(=O)OC)c(N)c1-c1ccc(Cl)cc1. The van der Waals surface area contributed by atoms with Crippen LogP contribution >= 0.6 is 22.9 Å². The van der Waals surface area contributed by atoms with E-state index in [1.807, 2.05) is 31.2 Å². The summed E-state index contributed by atoms with van der Waals surface area (Å²) in [7, 11) is 1.36. The van der Waals surface area contributed by atoms with Crippen molar-refractivity contribution in [2.75, 3.05) is 12.8 Å². The molecule has 0 radical (unpaired) electrons. The number of carbonyl (C=O) groups excluding carboxylic acids is 1. The second-order valence-corrected chi connectivity index (χ2v) is 5.54. The lowest BCUT2D eigenvalue weighted by atomic mass is 10.0. The van der Waals surface area contributed by atoms with Gasteiger partial charge in [-0.2, -0.15) is 0 Å². The van der Waals surface area contributed by atoms with Gasteiger partial charge in [0.1, 0.15) is 4.88 Å². The standard InChI is InChI=1S/C14H14ClNO2S/c1-3-10-11(8-4-6-9(15)7-5-8)12(16)13(19-10)14(17)18-2/h4-7H,3,16H2,1-2H3. The molecule has 0 saturated carbocycles. The lowest BCUT2D eigenvalue weighted by Crippen LogP contribution is -2.02. The van der Waals surface area contributed by atoms with Crippen molar-refractivity contribution in [3.63, 3.8) is 0 Å². The molecule has 2 aromatic rings. The Balaban J connectivity index is 2.59. The normalized spacial score (nSPS) is 10.5. The molecule has 5 heteroatoms. The van der Waals surface area contributed by atoms with Crippen molar-refractivity contribution in [1.82, 2.24) is 0 Å². The van der Waals surface area contributed by atoms with Crippen molar-refractivity contribution < 1.29 is 9.53 Å². The highest BCUT2D eigenvalue weighted by Crippen LogP contribution is 2.39. The van der Waals surface area contributed by atoms with E-state index in [0.717, 1.165) is 22.4 Å². The fourth-order valence-electron chi connectivity index (χ4n) is 1.92. The highest BCUT2D eigenvalue weighted by Gasteiger charge is 2.21. The maximum absolute atomic E-state index is 11.7.